The molecule has 4 aromatic carbocycles. The summed E-state index contributed by atoms with van der Waals surface area (Å²) in [6.45, 7) is 0. The van der Waals surface area contributed by atoms with Crippen molar-refractivity contribution < 1.29 is 14.4 Å². The van der Waals surface area contributed by atoms with Gasteiger partial charge in [0.15, 0.2) is 11.6 Å². The maximum atomic E-state index is 14.8. The number of ketones is 2. The molecule has 40 heavy (non-hydrogen) atoms. The van der Waals surface area contributed by atoms with Crippen molar-refractivity contribution in [2.24, 2.45) is 5.92 Å². The number of benzene rings is 4. The molecule has 1 amide bonds. The molecule has 1 spiro atoms. The van der Waals surface area contributed by atoms with Gasteiger partial charge < -0.3 is 10.2 Å². The van der Waals surface area contributed by atoms with Gasteiger partial charge in [0.2, 0.25) is 5.91 Å². The maximum absolute atomic E-state index is 14.8. The van der Waals surface area contributed by atoms with Crippen molar-refractivity contribution in [2.45, 2.75) is 17.5 Å². The fourth-order valence-corrected chi connectivity index (χ4v) is 7.14. The van der Waals surface area contributed by atoms with Crippen LogP contribution in [0.4, 0.5) is 5.69 Å². The van der Waals surface area contributed by atoms with E-state index in [1.807, 2.05) is 65.7 Å². The number of Topliss-reactive ketones (excluding diaryl/α,β-unsaturated/α-hetero) is 2. The molecule has 1 N–H and O–H groups in total. The number of anilines is 1. The average molecular weight is 565 g/mol. The van der Waals surface area contributed by atoms with Crippen LogP contribution in [0.15, 0.2) is 103 Å². The van der Waals surface area contributed by atoms with Crippen LogP contribution >= 0.6 is 23.2 Å². The van der Waals surface area contributed by atoms with Crippen LogP contribution in [0.1, 0.15) is 43.4 Å². The molecule has 7 heteroatoms. The number of carbonyl (C=O) groups excluding carboxylic acids is 3. The van der Waals surface area contributed by atoms with Crippen LogP contribution in [-0.2, 0) is 10.2 Å². The topological polar surface area (TPSA) is 66.5 Å². The number of hydrogen-bond acceptors (Lipinski definition) is 4. The highest BCUT2D eigenvalue weighted by Crippen LogP contribution is 2.62. The van der Waals surface area contributed by atoms with Crippen LogP contribution in [0.3, 0.4) is 0 Å². The Labute approximate surface area is 241 Å². The van der Waals surface area contributed by atoms with Crippen molar-refractivity contribution in [3.8, 4) is 0 Å². The Balaban J connectivity index is 1.55. The number of carbonyl (C=O) groups is 3. The molecular weight excluding hydrogens is 543 g/mol. The van der Waals surface area contributed by atoms with Gasteiger partial charge in [0, 0.05) is 28.0 Å². The highest BCUT2D eigenvalue weighted by Gasteiger charge is 2.70. The Kier molecular flexibility index (Phi) is 5.70. The summed E-state index contributed by atoms with van der Waals surface area (Å²) >= 11 is 12.7. The van der Waals surface area contributed by atoms with E-state index in [4.69, 9.17) is 23.2 Å². The van der Waals surface area contributed by atoms with Gasteiger partial charge in [-0.2, -0.15) is 0 Å². The van der Waals surface area contributed by atoms with Gasteiger partial charge in [-0.3, -0.25) is 14.4 Å². The van der Waals surface area contributed by atoms with Crippen LogP contribution in [0.5, 0.6) is 0 Å². The van der Waals surface area contributed by atoms with Crippen LogP contribution in [0, 0.1) is 5.92 Å². The highest BCUT2D eigenvalue weighted by molar-refractivity contribution is 6.34. The Morgan fingerprint density at radius 3 is 2.30 bits per heavy atom. The zero-order valence-electron chi connectivity index (χ0n) is 21.1. The van der Waals surface area contributed by atoms with Crippen molar-refractivity contribution in [1.29, 1.82) is 0 Å². The Morgan fingerprint density at radius 1 is 0.800 bits per heavy atom. The Bertz CT molecular complexity index is 1750. The van der Waals surface area contributed by atoms with Crippen molar-refractivity contribution >= 4 is 52.4 Å². The number of rotatable bonds is 4. The van der Waals surface area contributed by atoms with E-state index in [0.717, 1.165) is 11.1 Å². The fourth-order valence-electron chi connectivity index (χ4n) is 6.78. The zero-order valence-corrected chi connectivity index (χ0v) is 22.6. The second-order valence-corrected chi connectivity index (χ2v) is 11.1. The quantitative estimate of drug-likeness (QED) is 0.272. The molecule has 0 aliphatic carbocycles. The molecule has 4 atom stereocenters. The summed E-state index contributed by atoms with van der Waals surface area (Å²) in [5, 5.41) is 3.82. The first-order valence-corrected chi connectivity index (χ1v) is 13.7. The highest BCUT2D eigenvalue weighted by atomic mass is 35.5. The lowest BCUT2D eigenvalue weighted by Gasteiger charge is -2.38. The molecule has 1 fully saturated rings. The minimum atomic E-state index is -1.40. The standard InChI is InChI=1S/C33H22Cl2N2O3/c34-21-15-13-20(14-16-21)29(38)28-27(30(39)23-9-3-5-11-25(23)35)33(24-10-4-6-12-26(24)36-32(33)40)31-22-8-2-1-7-19(22)17-18-37(28)31/h1-18,27-28,31H,(H,36,40)/t27-,28+,31+,33-/m1/s1. The third-order valence-electron chi connectivity index (χ3n) is 8.39. The molecule has 3 aliphatic heterocycles. The molecule has 1 saturated heterocycles. The van der Waals surface area contributed by atoms with E-state index in [1.165, 1.54) is 0 Å². The summed E-state index contributed by atoms with van der Waals surface area (Å²) in [5.74, 6) is -2.03. The average Bonchev–Trinajstić information content (AvgIpc) is 3.45. The van der Waals surface area contributed by atoms with Gasteiger partial charge in [-0.1, -0.05) is 77.8 Å². The molecular formula is C33H22Cl2N2O3. The minimum Gasteiger partial charge on any atom is -0.358 e. The molecule has 4 aromatic rings. The first-order chi connectivity index (χ1) is 19.4. The number of para-hydroxylation sites is 1. The van der Waals surface area contributed by atoms with Crippen molar-refractivity contribution in [3.63, 3.8) is 0 Å². The monoisotopic (exact) mass is 564 g/mol. The number of halogens is 2. The summed E-state index contributed by atoms with van der Waals surface area (Å²) in [5.41, 5.74) is 2.41. The molecule has 0 bridgehead atoms. The predicted molar refractivity (Wildman–Crippen MR) is 156 cm³/mol. The Hall–Kier alpha value is -4.19. The van der Waals surface area contributed by atoms with Gasteiger partial charge in [-0.15, -0.1) is 0 Å². The van der Waals surface area contributed by atoms with E-state index in [2.05, 4.69) is 5.32 Å². The smallest absolute Gasteiger partial charge is 0.238 e. The van der Waals surface area contributed by atoms with Crippen molar-refractivity contribution in [1.82, 2.24) is 4.90 Å². The van der Waals surface area contributed by atoms with E-state index in [0.29, 0.717) is 21.8 Å². The summed E-state index contributed by atoms with van der Waals surface area (Å²) in [7, 11) is 0. The van der Waals surface area contributed by atoms with Gasteiger partial charge in [0.1, 0.15) is 11.5 Å². The van der Waals surface area contributed by atoms with E-state index in [9.17, 15) is 14.4 Å². The number of hydrogen-bond donors (Lipinski definition) is 1. The van der Waals surface area contributed by atoms with Gasteiger partial charge in [-0.25, -0.2) is 0 Å². The first kappa shape index (κ1) is 24.8. The van der Waals surface area contributed by atoms with Crippen molar-refractivity contribution in [3.05, 3.63) is 141 Å². The fraction of sp³-hybridized carbons (Fsp3) is 0.121. The molecule has 0 radical (unpaired) electrons. The van der Waals surface area contributed by atoms with E-state index in [-0.39, 0.29) is 28.1 Å². The molecule has 3 aliphatic rings. The number of nitrogens with one attached hydrogen (secondary N) is 1. The van der Waals surface area contributed by atoms with Gasteiger partial charge in [-0.05, 0) is 65.2 Å². The largest absolute Gasteiger partial charge is 0.358 e. The second-order valence-electron chi connectivity index (χ2n) is 10.3. The van der Waals surface area contributed by atoms with Crippen LogP contribution in [-0.4, -0.2) is 28.4 Å². The maximum Gasteiger partial charge on any atom is 0.238 e. The molecule has 0 unspecified atom stereocenters. The van der Waals surface area contributed by atoms with Gasteiger partial charge in [0.05, 0.1) is 17.0 Å². The second kappa shape index (κ2) is 9.19. The number of nitrogens with zero attached hydrogens (tertiary/aromatic N) is 1. The normalized spacial score (nSPS) is 23.9. The van der Waals surface area contributed by atoms with E-state index < -0.39 is 23.4 Å². The molecule has 0 saturated carbocycles. The van der Waals surface area contributed by atoms with Crippen LogP contribution in [0.2, 0.25) is 10.0 Å². The molecule has 0 aromatic heterocycles. The molecule has 5 nitrogen and oxygen atoms in total. The lowest BCUT2D eigenvalue weighted by Crippen LogP contribution is -2.49. The SMILES string of the molecule is O=C(c1ccc(Cl)cc1)[C@@H]1[C@H](C(=O)c2ccccc2Cl)[C@@]2(C(=O)Nc3ccccc32)[C@@H]2c3ccccc3C=CN12. The van der Waals surface area contributed by atoms with Gasteiger partial charge in [0.25, 0.3) is 0 Å². The predicted octanol–water partition coefficient (Wildman–Crippen LogP) is 6.98. The summed E-state index contributed by atoms with van der Waals surface area (Å²) in [4.78, 5) is 45.6. The van der Waals surface area contributed by atoms with Crippen molar-refractivity contribution in [2.75, 3.05) is 5.32 Å². The lowest BCUT2D eigenvalue weighted by molar-refractivity contribution is -0.122. The summed E-state index contributed by atoms with van der Waals surface area (Å²) in [6, 6.07) is 27.0. The number of amides is 1. The minimum absolute atomic E-state index is 0.271. The molecule has 7 rings (SSSR count). The summed E-state index contributed by atoms with van der Waals surface area (Å²) in [6.07, 6.45) is 3.78. The third-order valence-corrected chi connectivity index (χ3v) is 8.97. The van der Waals surface area contributed by atoms with Gasteiger partial charge >= 0.3 is 0 Å². The third kappa shape index (κ3) is 3.38. The zero-order chi connectivity index (χ0) is 27.6. The molecule has 196 valence electrons. The van der Waals surface area contributed by atoms with E-state index >= 15 is 0 Å². The lowest BCUT2D eigenvalue weighted by atomic mass is 9.62. The number of fused-ring (bicyclic) bond motifs is 6. The van der Waals surface area contributed by atoms with Crippen LogP contribution in [0.25, 0.3) is 6.08 Å². The van der Waals surface area contributed by atoms with E-state index in [1.54, 1.807) is 48.5 Å². The van der Waals surface area contributed by atoms with Crippen LogP contribution < -0.4 is 5.32 Å². The summed E-state index contributed by atoms with van der Waals surface area (Å²) < 4.78 is 0. The molecule has 3 heterocycles. The first-order valence-electron chi connectivity index (χ1n) is 13.0. The Morgan fingerprint density at radius 2 is 1.50 bits per heavy atom.